The van der Waals surface area contributed by atoms with Crippen LogP contribution < -0.4 is 11.5 Å². The Hall–Kier alpha value is -1.69. The van der Waals surface area contributed by atoms with Crippen LogP contribution in [-0.4, -0.2) is 16.1 Å². The normalized spacial score (nSPS) is 10.5. The zero-order chi connectivity index (χ0) is 9.42. The van der Waals surface area contributed by atoms with Gasteiger partial charge in [-0.05, 0) is 12.1 Å². The molecule has 66 valence electrons. The van der Waals surface area contributed by atoms with Crippen LogP contribution in [0.1, 0.15) is 9.67 Å². The Kier molecular flexibility index (Phi) is 1.63. The number of hydrogen-bond donors (Lipinski definition) is 2. The van der Waals surface area contributed by atoms with Gasteiger partial charge < -0.3 is 11.5 Å². The minimum absolute atomic E-state index is 0.335. The molecule has 0 atom stereocenters. The summed E-state index contributed by atoms with van der Waals surface area (Å²) in [7, 11) is 0. The molecule has 0 radical (unpaired) electrons. The SMILES string of the molecule is NC(=O)c1cc2cc(N)nnc2s1. The van der Waals surface area contributed by atoms with Gasteiger partial charge in [0.1, 0.15) is 10.6 Å². The van der Waals surface area contributed by atoms with Crippen LogP contribution in [0.25, 0.3) is 10.2 Å². The Morgan fingerprint density at radius 2 is 2.15 bits per heavy atom. The molecule has 0 aromatic carbocycles. The minimum Gasteiger partial charge on any atom is -0.382 e. The summed E-state index contributed by atoms with van der Waals surface area (Å²) in [5.41, 5.74) is 10.5. The molecule has 0 unspecified atom stereocenters. The van der Waals surface area contributed by atoms with Crippen molar-refractivity contribution in [2.75, 3.05) is 5.73 Å². The lowest BCUT2D eigenvalue weighted by atomic mass is 10.3. The van der Waals surface area contributed by atoms with Crippen molar-refractivity contribution in [1.29, 1.82) is 0 Å². The maximum absolute atomic E-state index is 10.8. The molecule has 0 saturated heterocycles. The molecule has 2 aromatic rings. The molecular weight excluding hydrogens is 188 g/mol. The van der Waals surface area contributed by atoms with Gasteiger partial charge in [-0.3, -0.25) is 4.79 Å². The fourth-order valence-electron chi connectivity index (χ4n) is 0.990. The summed E-state index contributed by atoms with van der Waals surface area (Å²) in [6, 6.07) is 3.32. The van der Waals surface area contributed by atoms with Crippen molar-refractivity contribution in [2.45, 2.75) is 0 Å². The van der Waals surface area contributed by atoms with Gasteiger partial charge in [0.2, 0.25) is 0 Å². The number of primary amides is 1. The lowest BCUT2D eigenvalue weighted by Gasteiger charge is -1.87. The van der Waals surface area contributed by atoms with E-state index in [-0.39, 0.29) is 0 Å². The second kappa shape index (κ2) is 2.67. The molecular formula is C7H6N4OS. The number of thiophene rings is 1. The molecule has 1 amide bonds. The van der Waals surface area contributed by atoms with Gasteiger partial charge >= 0.3 is 0 Å². The number of carbonyl (C=O) groups is 1. The topological polar surface area (TPSA) is 94.9 Å². The van der Waals surface area contributed by atoms with Crippen molar-refractivity contribution in [3.63, 3.8) is 0 Å². The van der Waals surface area contributed by atoms with E-state index in [1.807, 2.05) is 0 Å². The molecule has 4 N–H and O–H groups in total. The van der Waals surface area contributed by atoms with Gasteiger partial charge in [0, 0.05) is 5.39 Å². The number of carbonyl (C=O) groups excluding carboxylic acids is 1. The van der Waals surface area contributed by atoms with E-state index in [1.165, 1.54) is 11.3 Å². The standard InChI is InChI=1S/C7H6N4OS/c8-5-2-3-1-4(6(9)12)13-7(3)11-10-5/h1-2H,(H2,8,10)(H2,9,12). The van der Waals surface area contributed by atoms with Gasteiger partial charge in [0.15, 0.2) is 0 Å². The first kappa shape index (κ1) is 7.93. The molecule has 0 spiro atoms. The molecule has 2 rings (SSSR count). The zero-order valence-electron chi connectivity index (χ0n) is 6.52. The zero-order valence-corrected chi connectivity index (χ0v) is 7.34. The number of fused-ring (bicyclic) bond motifs is 1. The fraction of sp³-hybridized carbons (Fsp3) is 0. The molecule has 13 heavy (non-hydrogen) atoms. The Morgan fingerprint density at radius 1 is 1.38 bits per heavy atom. The number of nitrogen functional groups attached to an aromatic ring is 1. The van der Waals surface area contributed by atoms with E-state index in [0.29, 0.717) is 15.5 Å². The Balaban J connectivity index is 2.68. The van der Waals surface area contributed by atoms with Gasteiger partial charge in [-0.15, -0.1) is 21.5 Å². The summed E-state index contributed by atoms with van der Waals surface area (Å²) in [4.78, 5) is 11.9. The highest BCUT2D eigenvalue weighted by Crippen LogP contribution is 2.23. The number of nitrogens with two attached hydrogens (primary N) is 2. The van der Waals surface area contributed by atoms with Crippen molar-refractivity contribution in [3.8, 4) is 0 Å². The number of hydrogen-bond acceptors (Lipinski definition) is 5. The van der Waals surface area contributed by atoms with E-state index in [4.69, 9.17) is 11.5 Å². The van der Waals surface area contributed by atoms with Crippen molar-refractivity contribution in [2.24, 2.45) is 5.73 Å². The first-order chi connectivity index (χ1) is 6.16. The third kappa shape index (κ3) is 1.31. The van der Waals surface area contributed by atoms with Crippen molar-refractivity contribution < 1.29 is 4.79 Å². The third-order valence-electron chi connectivity index (χ3n) is 1.54. The first-order valence-electron chi connectivity index (χ1n) is 3.49. The molecule has 0 fully saturated rings. The minimum atomic E-state index is -0.457. The molecule has 6 heteroatoms. The smallest absolute Gasteiger partial charge is 0.258 e. The third-order valence-corrected chi connectivity index (χ3v) is 2.59. The summed E-state index contributed by atoms with van der Waals surface area (Å²) >= 11 is 1.21. The molecule has 5 nitrogen and oxygen atoms in total. The van der Waals surface area contributed by atoms with E-state index in [9.17, 15) is 4.79 Å². The highest BCUT2D eigenvalue weighted by atomic mass is 32.1. The van der Waals surface area contributed by atoms with Crippen LogP contribution >= 0.6 is 11.3 Å². The molecule has 2 heterocycles. The number of amides is 1. The highest BCUT2D eigenvalue weighted by molar-refractivity contribution is 7.20. The molecule has 0 aliphatic carbocycles. The van der Waals surface area contributed by atoms with Crippen LogP contribution in [-0.2, 0) is 0 Å². The predicted molar refractivity (Wildman–Crippen MR) is 50.3 cm³/mol. The predicted octanol–water partition coefficient (Wildman–Crippen LogP) is 0.372. The Bertz CT molecular complexity index is 478. The van der Waals surface area contributed by atoms with E-state index < -0.39 is 5.91 Å². The van der Waals surface area contributed by atoms with Crippen LogP contribution in [0.3, 0.4) is 0 Å². The molecule has 0 aliphatic rings. The van der Waals surface area contributed by atoms with Gasteiger partial charge in [-0.2, -0.15) is 0 Å². The van der Waals surface area contributed by atoms with Crippen LogP contribution in [0, 0.1) is 0 Å². The van der Waals surface area contributed by atoms with Crippen molar-refractivity contribution in [1.82, 2.24) is 10.2 Å². The summed E-state index contributed by atoms with van der Waals surface area (Å²) in [6.07, 6.45) is 0. The summed E-state index contributed by atoms with van der Waals surface area (Å²) in [5, 5.41) is 8.28. The van der Waals surface area contributed by atoms with Gasteiger partial charge in [0.05, 0.1) is 4.88 Å². The van der Waals surface area contributed by atoms with E-state index >= 15 is 0 Å². The summed E-state index contributed by atoms with van der Waals surface area (Å²) in [5.74, 6) is -0.122. The van der Waals surface area contributed by atoms with Crippen molar-refractivity contribution >= 4 is 33.3 Å². The second-order valence-electron chi connectivity index (χ2n) is 2.50. The number of aromatic nitrogens is 2. The second-order valence-corrected chi connectivity index (χ2v) is 3.54. The first-order valence-corrected chi connectivity index (χ1v) is 4.31. The van der Waals surface area contributed by atoms with Gasteiger partial charge in [-0.1, -0.05) is 0 Å². The quantitative estimate of drug-likeness (QED) is 0.685. The summed E-state index contributed by atoms with van der Waals surface area (Å²) < 4.78 is 0. The summed E-state index contributed by atoms with van der Waals surface area (Å²) in [6.45, 7) is 0. The van der Waals surface area contributed by atoms with Crippen LogP contribution in [0.4, 0.5) is 5.82 Å². The van der Waals surface area contributed by atoms with Gasteiger partial charge in [-0.25, -0.2) is 0 Å². The van der Waals surface area contributed by atoms with E-state index in [0.717, 1.165) is 5.39 Å². The number of nitrogens with zero attached hydrogens (tertiary/aromatic N) is 2. The largest absolute Gasteiger partial charge is 0.382 e. The average Bonchev–Trinajstić information content (AvgIpc) is 2.46. The average molecular weight is 194 g/mol. The van der Waals surface area contributed by atoms with Crippen LogP contribution in [0.5, 0.6) is 0 Å². The van der Waals surface area contributed by atoms with Gasteiger partial charge in [0.25, 0.3) is 5.91 Å². The number of anilines is 1. The Labute approximate surface area is 77.4 Å². The fourth-order valence-corrected chi connectivity index (χ4v) is 1.80. The maximum Gasteiger partial charge on any atom is 0.258 e. The lowest BCUT2D eigenvalue weighted by molar-refractivity contribution is 0.100. The Morgan fingerprint density at radius 3 is 2.85 bits per heavy atom. The monoisotopic (exact) mass is 194 g/mol. The van der Waals surface area contributed by atoms with Crippen LogP contribution in [0.2, 0.25) is 0 Å². The van der Waals surface area contributed by atoms with E-state index in [1.54, 1.807) is 12.1 Å². The lowest BCUT2D eigenvalue weighted by Crippen LogP contribution is -2.07. The molecule has 2 aromatic heterocycles. The van der Waals surface area contributed by atoms with Crippen molar-refractivity contribution in [3.05, 3.63) is 17.0 Å². The highest BCUT2D eigenvalue weighted by Gasteiger charge is 2.07. The molecule has 0 bridgehead atoms. The number of rotatable bonds is 1. The molecule has 0 saturated carbocycles. The maximum atomic E-state index is 10.8. The van der Waals surface area contributed by atoms with E-state index in [2.05, 4.69) is 10.2 Å². The molecule has 0 aliphatic heterocycles. The van der Waals surface area contributed by atoms with Crippen LogP contribution in [0.15, 0.2) is 12.1 Å².